The fourth-order valence-corrected chi connectivity index (χ4v) is 6.93. The number of carbonyl (C=O) groups is 3. The summed E-state index contributed by atoms with van der Waals surface area (Å²) in [6, 6.07) is 10.2. The predicted octanol–water partition coefficient (Wildman–Crippen LogP) is 3.60. The number of piperidine rings is 1. The molecule has 34 heavy (non-hydrogen) atoms. The zero-order valence-corrected chi connectivity index (χ0v) is 21.4. The fraction of sp³-hybridized carbons (Fsp3) is 0.375. The SMILES string of the molecule is CC(=O)c1cccc(NC(=O)C2CCN(S(=O)(=O)c3cc(Br)cc4c3N(C(C)=O)CC4)CC2)c1. The Morgan fingerprint density at radius 2 is 1.74 bits per heavy atom. The number of amides is 2. The van der Waals surface area contributed by atoms with E-state index in [1.807, 2.05) is 6.07 Å². The van der Waals surface area contributed by atoms with Gasteiger partial charge in [0.1, 0.15) is 4.90 Å². The minimum atomic E-state index is -3.86. The van der Waals surface area contributed by atoms with Crippen LogP contribution in [-0.4, -0.2) is 50.0 Å². The van der Waals surface area contributed by atoms with Gasteiger partial charge in [0.05, 0.1) is 5.69 Å². The van der Waals surface area contributed by atoms with Crippen LogP contribution >= 0.6 is 15.9 Å². The van der Waals surface area contributed by atoms with Gasteiger partial charge in [0, 0.05) is 48.2 Å². The molecule has 2 aliphatic rings. The number of ketones is 1. The van der Waals surface area contributed by atoms with Crippen LogP contribution in [0.2, 0.25) is 0 Å². The zero-order chi connectivity index (χ0) is 24.6. The number of benzene rings is 2. The molecule has 0 aliphatic carbocycles. The molecule has 2 aromatic carbocycles. The van der Waals surface area contributed by atoms with Crippen molar-refractivity contribution in [3.8, 4) is 0 Å². The largest absolute Gasteiger partial charge is 0.326 e. The van der Waals surface area contributed by atoms with Crippen LogP contribution in [0.4, 0.5) is 11.4 Å². The van der Waals surface area contributed by atoms with Crippen molar-refractivity contribution in [1.29, 1.82) is 0 Å². The highest BCUT2D eigenvalue weighted by atomic mass is 79.9. The highest BCUT2D eigenvalue weighted by molar-refractivity contribution is 9.10. The smallest absolute Gasteiger partial charge is 0.245 e. The number of halogens is 1. The third kappa shape index (κ3) is 4.80. The van der Waals surface area contributed by atoms with Crippen LogP contribution < -0.4 is 10.2 Å². The van der Waals surface area contributed by atoms with Gasteiger partial charge in [-0.25, -0.2) is 8.42 Å². The highest BCUT2D eigenvalue weighted by Crippen LogP contribution is 2.39. The maximum Gasteiger partial charge on any atom is 0.245 e. The number of fused-ring (bicyclic) bond motifs is 1. The zero-order valence-electron chi connectivity index (χ0n) is 19.0. The van der Waals surface area contributed by atoms with Crippen molar-refractivity contribution >= 4 is 54.9 Å². The van der Waals surface area contributed by atoms with Crippen molar-refractivity contribution in [2.24, 2.45) is 5.92 Å². The Labute approximate surface area is 207 Å². The number of nitrogens with zero attached hydrogens (tertiary/aromatic N) is 2. The van der Waals surface area contributed by atoms with E-state index >= 15 is 0 Å². The normalized spacial score (nSPS) is 16.9. The Bertz CT molecular complexity index is 1270. The predicted molar refractivity (Wildman–Crippen MR) is 132 cm³/mol. The first-order chi connectivity index (χ1) is 16.1. The lowest BCUT2D eigenvalue weighted by Crippen LogP contribution is -2.42. The summed E-state index contributed by atoms with van der Waals surface area (Å²) in [4.78, 5) is 38.1. The molecule has 0 radical (unpaired) electrons. The van der Waals surface area contributed by atoms with Gasteiger partial charge < -0.3 is 10.2 Å². The molecular formula is C24H26BrN3O5S. The molecule has 0 saturated carbocycles. The first kappa shape index (κ1) is 24.6. The molecule has 1 saturated heterocycles. The minimum absolute atomic E-state index is 0.0861. The molecule has 2 aromatic rings. The summed E-state index contributed by atoms with van der Waals surface area (Å²) in [5, 5.41) is 2.84. The lowest BCUT2D eigenvalue weighted by atomic mass is 9.97. The summed E-state index contributed by atoms with van der Waals surface area (Å²) < 4.78 is 29.2. The van der Waals surface area contributed by atoms with Crippen molar-refractivity contribution in [2.75, 3.05) is 29.9 Å². The fourth-order valence-electron chi connectivity index (χ4n) is 4.54. The summed E-state index contributed by atoms with van der Waals surface area (Å²) in [5.74, 6) is -0.808. The van der Waals surface area contributed by atoms with E-state index in [9.17, 15) is 22.8 Å². The Morgan fingerprint density at radius 3 is 2.38 bits per heavy atom. The molecule has 8 nitrogen and oxygen atoms in total. The van der Waals surface area contributed by atoms with Gasteiger partial charge in [-0.2, -0.15) is 4.31 Å². The van der Waals surface area contributed by atoms with Crippen molar-refractivity contribution in [3.05, 3.63) is 52.0 Å². The maximum atomic E-state index is 13.6. The molecule has 0 spiro atoms. The van der Waals surface area contributed by atoms with E-state index in [0.29, 0.717) is 47.2 Å². The van der Waals surface area contributed by atoms with Gasteiger partial charge in [-0.1, -0.05) is 28.1 Å². The van der Waals surface area contributed by atoms with Gasteiger partial charge in [0.2, 0.25) is 21.8 Å². The number of hydrogen-bond donors (Lipinski definition) is 1. The molecule has 2 amide bonds. The van der Waals surface area contributed by atoms with Gasteiger partial charge in [0.15, 0.2) is 5.78 Å². The molecule has 2 heterocycles. The molecule has 0 atom stereocenters. The summed E-state index contributed by atoms with van der Waals surface area (Å²) in [6.45, 7) is 3.76. The topological polar surface area (TPSA) is 104 Å². The van der Waals surface area contributed by atoms with Gasteiger partial charge >= 0.3 is 0 Å². The first-order valence-corrected chi connectivity index (χ1v) is 13.3. The van der Waals surface area contributed by atoms with Gasteiger partial charge in [-0.05, 0) is 56.0 Å². The molecular weight excluding hydrogens is 522 g/mol. The summed E-state index contributed by atoms with van der Waals surface area (Å²) in [7, 11) is -3.86. The number of rotatable bonds is 5. The van der Waals surface area contributed by atoms with Crippen LogP contribution in [0, 0.1) is 5.92 Å². The highest BCUT2D eigenvalue weighted by Gasteiger charge is 2.37. The number of carbonyl (C=O) groups excluding carboxylic acids is 3. The van der Waals surface area contributed by atoms with Crippen molar-refractivity contribution < 1.29 is 22.8 Å². The summed E-state index contributed by atoms with van der Waals surface area (Å²) >= 11 is 3.40. The standard InChI is InChI=1S/C24H26BrN3O5S/c1-15(29)18-4-3-5-21(13-18)26-24(31)17-6-9-27(10-7-17)34(32,33)22-14-20(25)12-19-8-11-28(16(2)30)23(19)22/h3-5,12-14,17H,6-11H2,1-2H3,(H,26,31). The third-order valence-electron chi connectivity index (χ3n) is 6.35. The second kappa shape index (κ2) is 9.59. The Balaban J connectivity index is 1.49. The second-order valence-electron chi connectivity index (χ2n) is 8.64. The maximum absolute atomic E-state index is 13.6. The second-order valence-corrected chi connectivity index (χ2v) is 11.5. The van der Waals surface area contributed by atoms with Gasteiger partial charge in [0.25, 0.3) is 0 Å². The average molecular weight is 548 g/mol. The van der Waals surface area contributed by atoms with E-state index in [2.05, 4.69) is 21.2 Å². The Kier molecular flexibility index (Phi) is 6.93. The van der Waals surface area contributed by atoms with Crippen molar-refractivity contribution in [1.82, 2.24) is 4.31 Å². The summed E-state index contributed by atoms with van der Waals surface area (Å²) in [6.07, 6.45) is 1.36. The molecule has 180 valence electrons. The monoisotopic (exact) mass is 547 g/mol. The molecule has 10 heteroatoms. The van der Waals surface area contributed by atoms with E-state index < -0.39 is 10.0 Å². The van der Waals surface area contributed by atoms with E-state index in [4.69, 9.17) is 0 Å². The molecule has 0 bridgehead atoms. The molecule has 0 aromatic heterocycles. The molecule has 4 rings (SSSR count). The lowest BCUT2D eigenvalue weighted by Gasteiger charge is -2.31. The molecule has 1 fully saturated rings. The minimum Gasteiger partial charge on any atom is -0.326 e. The number of anilines is 2. The number of Topliss-reactive ketones (excluding diaryl/α,β-unsaturated/α-hetero) is 1. The molecule has 1 N–H and O–H groups in total. The Morgan fingerprint density at radius 1 is 1.03 bits per heavy atom. The first-order valence-electron chi connectivity index (χ1n) is 11.1. The van der Waals surface area contributed by atoms with Crippen LogP contribution in [0.3, 0.4) is 0 Å². The van der Waals surface area contributed by atoms with Crippen LogP contribution in [0.5, 0.6) is 0 Å². The van der Waals surface area contributed by atoms with Crippen LogP contribution in [0.1, 0.15) is 42.6 Å². The Hall–Kier alpha value is -2.56. The van der Waals surface area contributed by atoms with E-state index in [1.54, 1.807) is 30.3 Å². The van der Waals surface area contributed by atoms with Crippen LogP contribution in [0.25, 0.3) is 0 Å². The molecule has 2 aliphatic heterocycles. The van der Waals surface area contributed by atoms with Crippen molar-refractivity contribution in [2.45, 2.75) is 38.0 Å². The lowest BCUT2D eigenvalue weighted by molar-refractivity contribution is -0.121. The van der Waals surface area contributed by atoms with E-state index in [-0.39, 0.29) is 41.5 Å². The third-order valence-corrected chi connectivity index (χ3v) is 8.72. The van der Waals surface area contributed by atoms with E-state index in [1.165, 1.54) is 23.1 Å². The average Bonchev–Trinajstić information content (AvgIpc) is 3.22. The van der Waals surface area contributed by atoms with Crippen LogP contribution in [0.15, 0.2) is 45.8 Å². The van der Waals surface area contributed by atoms with Gasteiger partial charge in [-0.15, -0.1) is 0 Å². The van der Waals surface area contributed by atoms with Crippen LogP contribution in [-0.2, 0) is 26.0 Å². The number of hydrogen-bond acceptors (Lipinski definition) is 5. The summed E-state index contributed by atoms with van der Waals surface area (Å²) in [5.41, 5.74) is 2.34. The number of sulfonamides is 1. The number of nitrogens with one attached hydrogen (secondary N) is 1. The quantitative estimate of drug-likeness (QED) is 0.576. The van der Waals surface area contributed by atoms with E-state index in [0.717, 1.165) is 5.56 Å². The van der Waals surface area contributed by atoms with Crippen molar-refractivity contribution in [3.63, 3.8) is 0 Å². The molecule has 0 unspecified atom stereocenters. The van der Waals surface area contributed by atoms with Gasteiger partial charge in [-0.3, -0.25) is 14.4 Å².